The highest BCUT2D eigenvalue weighted by Crippen LogP contribution is 2.00. The fraction of sp³-hybridized carbons (Fsp3) is 0.429. The lowest BCUT2D eigenvalue weighted by Crippen LogP contribution is -2.27. The average molecular weight is 140 g/mol. The molecular formula is C7H12N2O. The number of aliphatic hydroxyl groups excluding tert-OH is 1. The van der Waals surface area contributed by atoms with Crippen molar-refractivity contribution in [3.05, 3.63) is 24.0 Å². The molecule has 3 nitrogen and oxygen atoms in total. The first-order valence-corrected chi connectivity index (χ1v) is 3.30. The summed E-state index contributed by atoms with van der Waals surface area (Å²) in [6.45, 7) is 1.57. The molecule has 0 atom stereocenters. The minimum atomic E-state index is 0.178. The Morgan fingerprint density at radius 1 is 1.70 bits per heavy atom. The fourth-order valence-corrected chi connectivity index (χ4v) is 0.910. The maximum atomic E-state index is 8.57. The molecule has 1 aliphatic heterocycles. The van der Waals surface area contributed by atoms with Crippen LogP contribution in [0.5, 0.6) is 0 Å². The zero-order valence-corrected chi connectivity index (χ0v) is 5.83. The maximum absolute atomic E-state index is 8.57. The summed E-state index contributed by atoms with van der Waals surface area (Å²) in [6, 6.07) is 0. The zero-order valence-electron chi connectivity index (χ0n) is 5.83. The Morgan fingerprint density at radius 2 is 2.50 bits per heavy atom. The van der Waals surface area contributed by atoms with E-state index in [1.165, 1.54) is 0 Å². The van der Waals surface area contributed by atoms with E-state index < -0.39 is 0 Å². The van der Waals surface area contributed by atoms with E-state index in [4.69, 9.17) is 10.8 Å². The van der Waals surface area contributed by atoms with Crippen LogP contribution in [0.3, 0.4) is 0 Å². The standard InChI is InChI=1S/C7H12N2O/c8-7-2-1-3-9(6-7)4-5-10/h1-3,10H,4-6,8H2. The Kier molecular flexibility index (Phi) is 2.34. The van der Waals surface area contributed by atoms with E-state index in [1.54, 1.807) is 0 Å². The van der Waals surface area contributed by atoms with Crippen molar-refractivity contribution in [2.75, 3.05) is 19.7 Å². The molecule has 56 valence electrons. The number of hydrogen-bond donors (Lipinski definition) is 2. The van der Waals surface area contributed by atoms with Crippen LogP contribution < -0.4 is 5.73 Å². The fourth-order valence-electron chi connectivity index (χ4n) is 0.910. The lowest BCUT2D eigenvalue weighted by Gasteiger charge is -2.21. The van der Waals surface area contributed by atoms with Gasteiger partial charge in [-0.3, -0.25) is 0 Å². The number of rotatable bonds is 2. The van der Waals surface area contributed by atoms with E-state index >= 15 is 0 Å². The molecule has 0 fully saturated rings. The predicted octanol–water partition coefficient (Wildman–Crippen LogP) is -0.349. The largest absolute Gasteiger partial charge is 0.401 e. The minimum Gasteiger partial charge on any atom is -0.401 e. The molecule has 0 spiro atoms. The van der Waals surface area contributed by atoms with Gasteiger partial charge in [0.25, 0.3) is 0 Å². The highest BCUT2D eigenvalue weighted by Gasteiger charge is 2.01. The molecule has 0 aromatic heterocycles. The van der Waals surface area contributed by atoms with Crippen molar-refractivity contribution in [2.45, 2.75) is 0 Å². The highest BCUT2D eigenvalue weighted by molar-refractivity contribution is 5.15. The van der Waals surface area contributed by atoms with Gasteiger partial charge < -0.3 is 15.7 Å². The lowest BCUT2D eigenvalue weighted by atomic mass is 10.3. The third kappa shape index (κ3) is 1.77. The van der Waals surface area contributed by atoms with Gasteiger partial charge in [0.05, 0.1) is 13.2 Å². The van der Waals surface area contributed by atoms with Crippen molar-refractivity contribution in [1.82, 2.24) is 4.90 Å². The molecular weight excluding hydrogens is 128 g/mol. The van der Waals surface area contributed by atoms with Gasteiger partial charge in [-0.05, 0) is 18.4 Å². The summed E-state index contributed by atoms with van der Waals surface area (Å²) in [5.41, 5.74) is 6.39. The van der Waals surface area contributed by atoms with Crippen LogP contribution in [0.25, 0.3) is 0 Å². The first-order chi connectivity index (χ1) is 4.83. The van der Waals surface area contributed by atoms with E-state index in [1.807, 2.05) is 23.3 Å². The van der Waals surface area contributed by atoms with Crippen LogP contribution in [0.1, 0.15) is 0 Å². The van der Waals surface area contributed by atoms with Crippen LogP contribution in [0.2, 0.25) is 0 Å². The van der Waals surface area contributed by atoms with E-state index in [0.29, 0.717) is 6.54 Å². The van der Waals surface area contributed by atoms with Gasteiger partial charge in [0.15, 0.2) is 0 Å². The van der Waals surface area contributed by atoms with Crippen LogP contribution in [-0.2, 0) is 0 Å². The van der Waals surface area contributed by atoms with Gasteiger partial charge in [-0.1, -0.05) is 0 Å². The van der Waals surface area contributed by atoms with Gasteiger partial charge in [-0.15, -0.1) is 0 Å². The van der Waals surface area contributed by atoms with Crippen molar-refractivity contribution in [3.63, 3.8) is 0 Å². The van der Waals surface area contributed by atoms with Crippen molar-refractivity contribution in [1.29, 1.82) is 0 Å². The summed E-state index contributed by atoms with van der Waals surface area (Å²) in [6.07, 6.45) is 5.68. The second kappa shape index (κ2) is 3.27. The van der Waals surface area contributed by atoms with Crippen molar-refractivity contribution < 1.29 is 5.11 Å². The number of aliphatic hydroxyl groups is 1. The monoisotopic (exact) mass is 140 g/mol. The molecule has 10 heavy (non-hydrogen) atoms. The van der Waals surface area contributed by atoms with Crippen LogP contribution >= 0.6 is 0 Å². The van der Waals surface area contributed by atoms with Crippen molar-refractivity contribution in [2.24, 2.45) is 5.73 Å². The van der Waals surface area contributed by atoms with Crippen molar-refractivity contribution in [3.8, 4) is 0 Å². The third-order valence-electron chi connectivity index (χ3n) is 1.38. The third-order valence-corrected chi connectivity index (χ3v) is 1.38. The topological polar surface area (TPSA) is 49.5 Å². The predicted molar refractivity (Wildman–Crippen MR) is 40.1 cm³/mol. The summed E-state index contributed by atoms with van der Waals surface area (Å²) >= 11 is 0. The Balaban J connectivity index is 2.39. The molecule has 0 radical (unpaired) electrons. The van der Waals surface area contributed by atoms with Gasteiger partial charge in [0.2, 0.25) is 0 Å². The van der Waals surface area contributed by atoms with E-state index in [9.17, 15) is 0 Å². The van der Waals surface area contributed by atoms with Gasteiger partial charge in [0, 0.05) is 12.2 Å². The molecule has 0 amide bonds. The number of nitrogens with two attached hydrogens (primary N) is 1. The summed E-state index contributed by atoms with van der Waals surface area (Å²) < 4.78 is 0. The van der Waals surface area contributed by atoms with Crippen LogP contribution in [0.15, 0.2) is 24.0 Å². The van der Waals surface area contributed by atoms with Gasteiger partial charge in [-0.25, -0.2) is 0 Å². The molecule has 0 saturated heterocycles. The Morgan fingerprint density at radius 3 is 3.10 bits per heavy atom. The number of allylic oxidation sites excluding steroid dienone is 2. The molecule has 0 aromatic carbocycles. The number of hydrogen-bond acceptors (Lipinski definition) is 3. The van der Waals surface area contributed by atoms with E-state index in [2.05, 4.69) is 0 Å². The Hall–Kier alpha value is -0.960. The Bertz CT molecular complexity index is 163. The lowest BCUT2D eigenvalue weighted by molar-refractivity contribution is 0.242. The van der Waals surface area contributed by atoms with Crippen molar-refractivity contribution >= 4 is 0 Å². The quantitative estimate of drug-likeness (QED) is 0.551. The summed E-state index contributed by atoms with van der Waals surface area (Å²) in [5.74, 6) is 0. The van der Waals surface area contributed by atoms with Crippen LogP contribution in [0, 0.1) is 0 Å². The first kappa shape index (κ1) is 7.15. The molecule has 1 aliphatic rings. The number of β-amino-alcohol motifs (C(OH)–C–C–N with tert-alkyl or cyclic N) is 1. The molecule has 1 rings (SSSR count). The molecule has 3 heteroatoms. The van der Waals surface area contributed by atoms with Gasteiger partial charge in [-0.2, -0.15) is 0 Å². The highest BCUT2D eigenvalue weighted by atomic mass is 16.3. The molecule has 0 bridgehead atoms. The first-order valence-electron chi connectivity index (χ1n) is 3.30. The molecule has 3 N–H and O–H groups in total. The SMILES string of the molecule is NC1=CC=CN(CCO)C1. The van der Waals surface area contributed by atoms with Crippen LogP contribution in [0.4, 0.5) is 0 Å². The Labute approximate surface area is 60.4 Å². The second-order valence-corrected chi connectivity index (χ2v) is 2.28. The van der Waals surface area contributed by atoms with E-state index in [-0.39, 0.29) is 6.61 Å². The zero-order chi connectivity index (χ0) is 7.40. The molecule has 0 aliphatic carbocycles. The molecule has 0 aromatic rings. The van der Waals surface area contributed by atoms with Gasteiger partial charge >= 0.3 is 0 Å². The van der Waals surface area contributed by atoms with E-state index in [0.717, 1.165) is 12.2 Å². The van der Waals surface area contributed by atoms with Gasteiger partial charge in [0.1, 0.15) is 0 Å². The van der Waals surface area contributed by atoms with Crippen LogP contribution in [-0.4, -0.2) is 29.7 Å². The second-order valence-electron chi connectivity index (χ2n) is 2.28. The molecule has 0 unspecified atom stereocenters. The number of nitrogens with zero attached hydrogens (tertiary/aromatic N) is 1. The molecule has 0 saturated carbocycles. The minimum absolute atomic E-state index is 0.178. The smallest absolute Gasteiger partial charge is 0.0606 e. The summed E-state index contributed by atoms with van der Waals surface area (Å²) in [5, 5.41) is 8.57. The maximum Gasteiger partial charge on any atom is 0.0606 e. The molecule has 1 heterocycles. The average Bonchev–Trinajstić information content (AvgIpc) is 1.88. The summed E-state index contributed by atoms with van der Waals surface area (Å²) in [4.78, 5) is 1.97. The normalized spacial score (nSPS) is 17.3. The summed E-state index contributed by atoms with van der Waals surface area (Å²) in [7, 11) is 0.